The Kier molecular flexibility index (Phi) is 3.92. The highest BCUT2D eigenvalue weighted by atomic mass is 16.5. The van der Waals surface area contributed by atoms with Crippen LogP contribution in [0.15, 0.2) is 26.4 Å². The highest BCUT2D eigenvalue weighted by molar-refractivity contribution is 5.60. The van der Waals surface area contributed by atoms with Gasteiger partial charge >= 0.3 is 5.69 Å². The van der Waals surface area contributed by atoms with E-state index in [9.17, 15) is 9.59 Å². The van der Waals surface area contributed by atoms with Gasteiger partial charge in [0.05, 0.1) is 6.54 Å². The number of anilines is 2. The molecule has 0 bridgehead atoms. The molecular formula is C12H17N5O3. The number of aromatic amines is 1. The first-order chi connectivity index (χ1) is 9.49. The van der Waals surface area contributed by atoms with Crippen molar-refractivity contribution in [2.24, 2.45) is 5.92 Å². The second kappa shape index (κ2) is 5.64. The molecule has 2 aromatic heterocycles. The van der Waals surface area contributed by atoms with Crippen molar-refractivity contribution < 1.29 is 4.52 Å². The van der Waals surface area contributed by atoms with E-state index in [1.54, 1.807) is 6.07 Å². The second-order valence-electron chi connectivity index (χ2n) is 4.87. The van der Waals surface area contributed by atoms with Gasteiger partial charge in [-0.25, -0.2) is 4.79 Å². The Morgan fingerprint density at radius 2 is 2.25 bits per heavy atom. The SMILES string of the molecule is CC(C)Cn1c(N)c(NCc2ccon2)c(=O)[nH]c1=O. The first kappa shape index (κ1) is 13.9. The van der Waals surface area contributed by atoms with Gasteiger partial charge in [0, 0.05) is 12.6 Å². The van der Waals surface area contributed by atoms with Gasteiger partial charge in [-0.2, -0.15) is 0 Å². The molecule has 0 aliphatic carbocycles. The predicted molar refractivity (Wildman–Crippen MR) is 74.4 cm³/mol. The van der Waals surface area contributed by atoms with Crippen molar-refractivity contribution in [3.63, 3.8) is 0 Å². The van der Waals surface area contributed by atoms with Crippen molar-refractivity contribution in [2.75, 3.05) is 11.1 Å². The van der Waals surface area contributed by atoms with Crippen LogP contribution < -0.4 is 22.3 Å². The molecular weight excluding hydrogens is 262 g/mol. The molecule has 2 aromatic rings. The van der Waals surface area contributed by atoms with E-state index in [0.29, 0.717) is 12.2 Å². The summed E-state index contributed by atoms with van der Waals surface area (Å²) >= 11 is 0. The van der Waals surface area contributed by atoms with Gasteiger partial charge < -0.3 is 15.6 Å². The average Bonchev–Trinajstić information content (AvgIpc) is 2.87. The fourth-order valence-corrected chi connectivity index (χ4v) is 1.81. The van der Waals surface area contributed by atoms with Gasteiger partial charge in [-0.3, -0.25) is 14.3 Å². The lowest BCUT2D eigenvalue weighted by atomic mass is 10.2. The molecule has 0 aliphatic heterocycles. The van der Waals surface area contributed by atoms with E-state index in [-0.39, 0.29) is 24.0 Å². The molecule has 8 nitrogen and oxygen atoms in total. The Morgan fingerprint density at radius 1 is 1.50 bits per heavy atom. The molecule has 0 unspecified atom stereocenters. The molecule has 0 aromatic carbocycles. The normalized spacial score (nSPS) is 10.9. The zero-order valence-corrected chi connectivity index (χ0v) is 11.3. The summed E-state index contributed by atoms with van der Waals surface area (Å²) in [4.78, 5) is 25.8. The summed E-state index contributed by atoms with van der Waals surface area (Å²) in [6, 6.07) is 1.67. The third-order valence-electron chi connectivity index (χ3n) is 2.72. The van der Waals surface area contributed by atoms with Gasteiger partial charge in [0.15, 0.2) is 0 Å². The van der Waals surface area contributed by atoms with Crippen molar-refractivity contribution in [2.45, 2.75) is 26.9 Å². The number of nitrogens with one attached hydrogen (secondary N) is 2. The maximum Gasteiger partial charge on any atom is 0.330 e. The van der Waals surface area contributed by atoms with Crippen molar-refractivity contribution in [1.29, 1.82) is 0 Å². The minimum atomic E-state index is -0.545. The van der Waals surface area contributed by atoms with E-state index in [2.05, 4.69) is 15.5 Å². The summed E-state index contributed by atoms with van der Waals surface area (Å²) in [7, 11) is 0. The smallest absolute Gasteiger partial charge is 0.330 e. The minimum absolute atomic E-state index is 0.121. The molecule has 2 heterocycles. The summed E-state index contributed by atoms with van der Waals surface area (Å²) in [6.45, 7) is 4.63. The lowest BCUT2D eigenvalue weighted by Crippen LogP contribution is -2.35. The summed E-state index contributed by atoms with van der Waals surface area (Å²) in [5, 5.41) is 6.59. The molecule has 0 aliphatic rings. The van der Waals surface area contributed by atoms with Crippen LogP contribution in [-0.4, -0.2) is 14.7 Å². The van der Waals surface area contributed by atoms with Crippen molar-refractivity contribution >= 4 is 11.5 Å². The molecule has 0 atom stereocenters. The fraction of sp³-hybridized carbons (Fsp3) is 0.417. The molecule has 0 radical (unpaired) electrons. The van der Waals surface area contributed by atoms with E-state index in [1.807, 2.05) is 13.8 Å². The van der Waals surface area contributed by atoms with E-state index < -0.39 is 11.2 Å². The molecule has 108 valence electrons. The summed E-state index contributed by atoms with van der Waals surface area (Å²) in [5.41, 5.74) is 5.65. The van der Waals surface area contributed by atoms with Crippen LogP contribution in [0.25, 0.3) is 0 Å². The Balaban J connectivity index is 2.32. The third kappa shape index (κ3) is 2.90. The zero-order valence-electron chi connectivity index (χ0n) is 11.3. The van der Waals surface area contributed by atoms with Crippen LogP contribution in [0.2, 0.25) is 0 Å². The number of nitrogen functional groups attached to an aromatic ring is 1. The molecule has 8 heteroatoms. The topological polar surface area (TPSA) is 119 Å². The van der Waals surface area contributed by atoms with E-state index in [1.165, 1.54) is 10.8 Å². The predicted octanol–water partition coefficient (Wildman–Crippen LogP) is 0.375. The Bertz CT molecular complexity index is 684. The van der Waals surface area contributed by atoms with Gasteiger partial charge in [0.2, 0.25) is 0 Å². The number of rotatable bonds is 5. The highest BCUT2D eigenvalue weighted by Crippen LogP contribution is 2.12. The molecule has 0 saturated carbocycles. The average molecular weight is 279 g/mol. The van der Waals surface area contributed by atoms with Gasteiger partial charge in [-0.15, -0.1) is 0 Å². The van der Waals surface area contributed by atoms with Crippen LogP contribution in [0.3, 0.4) is 0 Å². The third-order valence-corrected chi connectivity index (χ3v) is 2.72. The molecule has 4 N–H and O–H groups in total. The Hall–Kier alpha value is -2.51. The van der Waals surface area contributed by atoms with Crippen LogP contribution in [0.5, 0.6) is 0 Å². The number of H-pyrrole nitrogens is 1. The molecule has 0 spiro atoms. The molecule has 0 saturated heterocycles. The monoisotopic (exact) mass is 279 g/mol. The maximum absolute atomic E-state index is 11.8. The Morgan fingerprint density at radius 3 is 2.85 bits per heavy atom. The lowest BCUT2D eigenvalue weighted by Gasteiger charge is -2.14. The van der Waals surface area contributed by atoms with Gasteiger partial charge in [-0.05, 0) is 5.92 Å². The number of hydrogen-bond acceptors (Lipinski definition) is 6. The quantitative estimate of drug-likeness (QED) is 0.727. The fourth-order valence-electron chi connectivity index (χ4n) is 1.81. The van der Waals surface area contributed by atoms with E-state index in [0.717, 1.165) is 0 Å². The molecule has 0 amide bonds. The Labute approximate surface area is 114 Å². The van der Waals surface area contributed by atoms with E-state index >= 15 is 0 Å². The lowest BCUT2D eigenvalue weighted by molar-refractivity contribution is 0.412. The standard InChI is InChI=1S/C12H17N5O3/c1-7(2)6-17-10(13)9(11(18)15-12(17)19)14-5-8-3-4-20-16-8/h3-4,7,14H,5-6,13H2,1-2H3,(H,15,18,19). The minimum Gasteiger partial charge on any atom is -0.383 e. The summed E-state index contributed by atoms with van der Waals surface area (Å²) in [6.07, 6.45) is 1.43. The van der Waals surface area contributed by atoms with Gasteiger partial charge in [-0.1, -0.05) is 19.0 Å². The number of nitrogens with two attached hydrogens (primary N) is 1. The number of nitrogens with zero attached hydrogens (tertiary/aromatic N) is 2. The summed E-state index contributed by atoms with van der Waals surface area (Å²) < 4.78 is 6.04. The zero-order chi connectivity index (χ0) is 14.7. The summed E-state index contributed by atoms with van der Waals surface area (Å²) in [5.74, 6) is 0.347. The molecule has 2 rings (SSSR count). The van der Waals surface area contributed by atoms with Crippen LogP contribution in [-0.2, 0) is 13.1 Å². The second-order valence-corrected chi connectivity index (χ2v) is 4.87. The number of aromatic nitrogens is 3. The first-order valence-electron chi connectivity index (χ1n) is 6.24. The van der Waals surface area contributed by atoms with Crippen molar-refractivity contribution in [3.05, 3.63) is 38.9 Å². The van der Waals surface area contributed by atoms with Crippen LogP contribution in [0, 0.1) is 5.92 Å². The van der Waals surface area contributed by atoms with Gasteiger partial charge in [0.1, 0.15) is 23.5 Å². The van der Waals surface area contributed by atoms with Gasteiger partial charge in [0.25, 0.3) is 5.56 Å². The van der Waals surface area contributed by atoms with Crippen LogP contribution in [0.4, 0.5) is 11.5 Å². The van der Waals surface area contributed by atoms with Crippen molar-refractivity contribution in [3.8, 4) is 0 Å². The van der Waals surface area contributed by atoms with Crippen molar-refractivity contribution in [1.82, 2.24) is 14.7 Å². The number of hydrogen-bond donors (Lipinski definition) is 3. The highest BCUT2D eigenvalue weighted by Gasteiger charge is 2.13. The van der Waals surface area contributed by atoms with Crippen LogP contribution in [0.1, 0.15) is 19.5 Å². The maximum atomic E-state index is 11.8. The first-order valence-corrected chi connectivity index (χ1v) is 6.24. The molecule has 20 heavy (non-hydrogen) atoms. The van der Waals surface area contributed by atoms with E-state index in [4.69, 9.17) is 10.3 Å². The largest absolute Gasteiger partial charge is 0.383 e. The molecule has 0 fully saturated rings. The van der Waals surface area contributed by atoms with Crippen LogP contribution >= 0.6 is 0 Å².